The van der Waals surface area contributed by atoms with Crippen LogP contribution < -0.4 is 20.1 Å². The van der Waals surface area contributed by atoms with E-state index in [-0.39, 0.29) is 11.9 Å². The second-order valence-corrected chi connectivity index (χ2v) is 6.31. The highest BCUT2D eigenvalue weighted by Gasteiger charge is 2.12. The number of carbonyl (C=O) groups is 2. The molecule has 7 nitrogen and oxygen atoms in total. The van der Waals surface area contributed by atoms with Gasteiger partial charge in [-0.15, -0.1) is 0 Å². The largest absolute Gasteiger partial charge is 0.497 e. The van der Waals surface area contributed by atoms with Crippen molar-refractivity contribution in [1.82, 2.24) is 15.5 Å². The molecule has 2 aromatic rings. The molecule has 0 aliphatic rings. The third-order valence-electron chi connectivity index (χ3n) is 4.42. The zero-order chi connectivity index (χ0) is 21.1. The number of nitrogens with zero attached hydrogens (tertiary/aromatic N) is 1. The second-order valence-electron chi connectivity index (χ2n) is 6.31. The molecular weight excluding hydrogens is 370 g/mol. The van der Waals surface area contributed by atoms with Crippen molar-refractivity contribution in [2.24, 2.45) is 0 Å². The summed E-state index contributed by atoms with van der Waals surface area (Å²) in [6.45, 7) is 6.41. The van der Waals surface area contributed by atoms with Gasteiger partial charge in [0.2, 0.25) is 0 Å². The van der Waals surface area contributed by atoms with E-state index in [1.165, 1.54) is 0 Å². The maximum atomic E-state index is 12.3. The highest BCUT2D eigenvalue weighted by Crippen LogP contribution is 2.16. The van der Waals surface area contributed by atoms with Crippen LogP contribution in [0, 0.1) is 0 Å². The number of hydrogen-bond donors (Lipinski definition) is 2. The molecule has 0 radical (unpaired) electrons. The van der Waals surface area contributed by atoms with Gasteiger partial charge >= 0.3 is 6.03 Å². The smallest absolute Gasteiger partial charge is 0.315 e. The van der Waals surface area contributed by atoms with E-state index in [0.717, 1.165) is 11.3 Å². The Bertz CT molecular complexity index is 772. The van der Waals surface area contributed by atoms with Crippen LogP contribution in [0.5, 0.6) is 11.5 Å². The molecule has 7 heteroatoms. The number of ether oxygens (including phenoxy) is 2. The van der Waals surface area contributed by atoms with Crippen LogP contribution in [-0.4, -0.2) is 50.2 Å². The Morgan fingerprint density at radius 3 is 2.10 bits per heavy atom. The summed E-state index contributed by atoms with van der Waals surface area (Å²) < 4.78 is 10.6. The molecule has 0 spiro atoms. The molecule has 29 heavy (non-hydrogen) atoms. The number of amides is 3. The van der Waals surface area contributed by atoms with Crippen LogP contribution in [0.15, 0.2) is 48.5 Å². The number of hydrogen-bond acceptors (Lipinski definition) is 4. The van der Waals surface area contributed by atoms with Crippen molar-refractivity contribution >= 4 is 11.9 Å². The summed E-state index contributed by atoms with van der Waals surface area (Å²) in [7, 11) is 1.61. The van der Waals surface area contributed by atoms with E-state index < -0.39 is 0 Å². The third-order valence-corrected chi connectivity index (χ3v) is 4.42. The topological polar surface area (TPSA) is 79.9 Å². The first-order chi connectivity index (χ1) is 14.1. The Morgan fingerprint density at radius 1 is 0.897 bits per heavy atom. The van der Waals surface area contributed by atoms with E-state index in [1.54, 1.807) is 24.1 Å². The van der Waals surface area contributed by atoms with Crippen LogP contribution in [0.1, 0.15) is 29.8 Å². The van der Waals surface area contributed by atoms with Crippen LogP contribution in [0.2, 0.25) is 0 Å². The minimum Gasteiger partial charge on any atom is -0.497 e. The van der Waals surface area contributed by atoms with Crippen LogP contribution in [-0.2, 0) is 6.54 Å². The number of nitrogens with one attached hydrogen (secondary N) is 2. The monoisotopic (exact) mass is 399 g/mol. The van der Waals surface area contributed by atoms with E-state index in [2.05, 4.69) is 10.6 Å². The van der Waals surface area contributed by atoms with E-state index >= 15 is 0 Å². The van der Waals surface area contributed by atoms with Gasteiger partial charge in [0, 0.05) is 25.2 Å². The Hall–Kier alpha value is -3.22. The molecule has 0 saturated heterocycles. The first kappa shape index (κ1) is 22.1. The number of methoxy groups -OCH3 is 1. The second kappa shape index (κ2) is 11.6. The van der Waals surface area contributed by atoms with E-state index in [0.29, 0.717) is 44.1 Å². The first-order valence-electron chi connectivity index (χ1n) is 9.74. The predicted octanol–water partition coefficient (Wildman–Crippen LogP) is 3.06. The van der Waals surface area contributed by atoms with Crippen molar-refractivity contribution in [1.29, 1.82) is 0 Å². The minimum absolute atomic E-state index is 0.0177. The lowest BCUT2D eigenvalue weighted by Gasteiger charge is -2.18. The van der Waals surface area contributed by atoms with Gasteiger partial charge in [-0.1, -0.05) is 12.1 Å². The molecular formula is C22H29N3O4. The molecule has 0 aromatic heterocycles. The minimum atomic E-state index is -0.272. The lowest BCUT2D eigenvalue weighted by atomic mass is 10.1. The van der Waals surface area contributed by atoms with Crippen molar-refractivity contribution in [2.75, 3.05) is 33.4 Å². The van der Waals surface area contributed by atoms with Crippen molar-refractivity contribution < 1.29 is 19.1 Å². The van der Waals surface area contributed by atoms with Gasteiger partial charge in [-0.2, -0.15) is 0 Å². The summed E-state index contributed by atoms with van der Waals surface area (Å²) in [4.78, 5) is 26.0. The molecule has 0 unspecified atom stereocenters. The zero-order valence-corrected chi connectivity index (χ0v) is 17.2. The molecule has 156 valence electrons. The standard InChI is InChI=1S/C22H29N3O4/c1-4-25(5-2)21(26)18-8-6-17(7-9-18)16-24-22(27)23-14-15-29-20-12-10-19(28-3)11-13-20/h6-13H,4-5,14-16H2,1-3H3,(H2,23,24,27). The maximum absolute atomic E-state index is 12.3. The Morgan fingerprint density at radius 2 is 1.52 bits per heavy atom. The fraction of sp³-hybridized carbons (Fsp3) is 0.364. The molecule has 0 fully saturated rings. The summed E-state index contributed by atoms with van der Waals surface area (Å²) in [5.41, 5.74) is 1.57. The van der Waals surface area contributed by atoms with Crippen LogP contribution in [0.3, 0.4) is 0 Å². The molecule has 0 bridgehead atoms. The molecule has 0 atom stereocenters. The molecule has 0 aliphatic carbocycles. The highest BCUT2D eigenvalue weighted by atomic mass is 16.5. The molecule has 2 rings (SSSR count). The van der Waals surface area contributed by atoms with E-state index in [4.69, 9.17) is 9.47 Å². The van der Waals surface area contributed by atoms with Crippen LogP contribution in [0.25, 0.3) is 0 Å². The number of urea groups is 1. The van der Waals surface area contributed by atoms with Crippen molar-refractivity contribution in [3.63, 3.8) is 0 Å². The summed E-state index contributed by atoms with van der Waals surface area (Å²) in [5, 5.41) is 5.53. The van der Waals surface area contributed by atoms with Crippen molar-refractivity contribution in [3.05, 3.63) is 59.7 Å². The van der Waals surface area contributed by atoms with Crippen LogP contribution >= 0.6 is 0 Å². The van der Waals surface area contributed by atoms with Gasteiger partial charge in [-0.25, -0.2) is 4.79 Å². The van der Waals surface area contributed by atoms with Gasteiger partial charge in [0.15, 0.2) is 0 Å². The molecule has 2 aromatic carbocycles. The van der Waals surface area contributed by atoms with E-state index in [1.807, 2.05) is 50.2 Å². The van der Waals surface area contributed by atoms with Gasteiger partial charge in [0.05, 0.1) is 13.7 Å². The summed E-state index contributed by atoms with van der Waals surface area (Å²) >= 11 is 0. The lowest BCUT2D eigenvalue weighted by molar-refractivity contribution is 0.0773. The van der Waals surface area contributed by atoms with Gasteiger partial charge in [0.1, 0.15) is 18.1 Å². The average molecular weight is 399 g/mol. The zero-order valence-electron chi connectivity index (χ0n) is 17.2. The SMILES string of the molecule is CCN(CC)C(=O)c1ccc(CNC(=O)NCCOc2ccc(OC)cc2)cc1. The summed E-state index contributed by atoms with van der Waals surface area (Å²) in [5.74, 6) is 1.50. The lowest BCUT2D eigenvalue weighted by Crippen LogP contribution is -2.37. The fourth-order valence-corrected chi connectivity index (χ4v) is 2.71. The predicted molar refractivity (Wildman–Crippen MR) is 112 cm³/mol. The van der Waals surface area contributed by atoms with Gasteiger partial charge in [0.25, 0.3) is 5.91 Å². The number of benzene rings is 2. The number of carbonyl (C=O) groups excluding carboxylic acids is 2. The molecule has 2 N–H and O–H groups in total. The Balaban J connectivity index is 1.68. The van der Waals surface area contributed by atoms with Crippen molar-refractivity contribution in [2.45, 2.75) is 20.4 Å². The maximum Gasteiger partial charge on any atom is 0.315 e. The quantitative estimate of drug-likeness (QED) is 0.602. The van der Waals surface area contributed by atoms with Gasteiger partial charge in [-0.3, -0.25) is 4.79 Å². The Labute approximate surface area is 172 Å². The molecule has 0 aliphatic heterocycles. The Kier molecular flexibility index (Phi) is 8.82. The molecule has 0 heterocycles. The summed E-state index contributed by atoms with van der Waals surface area (Å²) in [6.07, 6.45) is 0. The van der Waals surface area contributed by atoms with Crippen molar-refractivity contribution in [3.8, 4) is 11.5 Å². The van der Waals surface area contributed by atoms with Gasteiger partial charge in [-0.05, 0) is 55.8 Å². The average Bonchev–Trinajstić information content (AvgIpc) is 2.76. The van der Waals surface area contributed by atoms with E-state index in [9.17, 15) is 9.59 Å². The fourth-order valence-electron chi connectivity index (χ4n) is 2.71. The van der Waals surface area contributed by atoms with Gasteiger partial charge < -0.3 is 25.0 Å². The normalized spacial score (nSPS) is 10.2. The number of rotatable bonds is 10. The summed E-state index contributed by atoms with van der Waals surface area (Å²) in [6, 6.07) is 14.3. The highest BCUT2D eigenvalue weighted by molar-refractivity contribution is 5.94. The van der Waals surface area contributed by atoms with Crippen LogP contribution in [0.4, 0.5) is 4.79 Å². The third kappa shape index (κ3) is 7.03. The first-order valence-corrected chi connectivity index (χ1v) is 9.74. The molecule has 3 amide bonds. The molecule has 0 saturated carbocycles.